The van der Waals surface area contributed by atoms with Crippen LogP contribution in [0.5, 0.6) is 0 Å². The van der Waals surface area contributed by atoms with Crippen molar-refractivity contribution in [3.63, 3.8) is 0 Å². The van der Waals surface area contributed by atoms with Crippen molar-refractivity contribution in [1.82, 2.24) is 4.90 Å². The van der Waals surface area contributed by atoms with Crippen molar-refractivity contribution in [3.8, 4) is 0 Å². The maximum Gasteiger partial charge on any atom is 0.307 e. The number of carboxylic acid groups (broad SMARTS) is 1. The van der Waals surface area contributed by atoms with Gasteiger partial charge in [0.2, 0.25) is 5.91 Å². The predicted octanol–water partition coefficient (Wildman–Crippen LogP) is 0.821. The molecule has 1 amide bonds. The molecular weight excluding hydrogens is 194 g/mol. The Balaban J connectivity index is 1.79. The van der Waals surface area contributed by atoms with Crippen molar-refractivity contribution >= 4 is 11.9 Å². The minimum absolute atomic E-state index is 0.0153. The number of rotatable bonds is 4. The maximum absolute atomic E-state index is 11.8. The molecular formula is C11H17NO3. The molecule has 4 nitrogen and oxygen atoms in total. The molecule has 2 saturated carbocycles. The lowest BCUT2D eigenvalue weighted by Gasteiger charge is -2.16. The molecule has 0 saturated heterocycles. The largest absolute Gasteiger partial charge is 0.481 e. The Hall–Kier alpha value is -1.06. The van der Waals surface area contributed by atoms with Crippen molar-refractivity contribution in [3.05, 3.63) is 0 Å². The van der Waals surface area contributed by atoms with Gasteiger partial charge in [-0.05, 0) is 24.7 Å². The van der Waals surface area contributed by atoms with Crippen molar-refractivity contribution < 1.29 is 14.7 Å². The van der Waals surface area contributed by atoms with Crippen LogP contribution >= 0.6 is 0 Å². The smallest absolute Gasteiger partial charge is 0.307 e. The fraction of sp³-hybridized carbons (Fsp3) is 0.818. The highest BCUT2D eigenvalue weighted by atomic mass is 16.4. The van der Waals surface area contributed by atoms with Crippen LogP contribution in [-0.4, -0.2) is 35.5 Å². The van der Waals surface area contributed by atoms with E-state index in [1.54, 1.807) is 11.9 Å². The molecule has 15 heavy (non-hydrogen) atoms. The summed E-state index contributed by atoms with van der Waals surface area (Å²) in [5.74, 6) is -0.114. The van der Waals surface area contributed by atoms with Crippen molar-refractivity contribution in [1.29, 1.82) is 0 Å². The van der Waals surface area contributed by atoms with E-state index >= 15 is 0 Å². The fourth-order valence-corrected chi connectivity index (χ4v) is 2.12. The van der Waals surface area contributed by atoms with Gasteiger partial charge in [0.25, 0.3) is 0 Å². The molecule has 84 valence electrons. The molecule has 2 aliphatic carbocycles. The molecule has 0 heterocycles. The number of carbonyl (C=O) groups excluding carboxylic acids is 1. The van der Waals surface area contributed by atoms with Crippen LogP contribution in [0.4, 0.5) is 0 Å². The van der Waals surface area contributed by atoms with Gasteiger partial charge < -0.3 is 10.0 Å². The highest BCUT2D eigenvalue weighted by molar-refractivity contribution is 5.89. The zero-order chi connectivity index (χ0) is 11.2. The zero-order valence-corrected chi connectivity index (χ0v) is 9.14. The van der Waals surface area contributed by atoms with Gasteiger partial charge in [-0.1, -0.05) is 6.92 Å². The monoisotopic (exact) mass is 211 g/mol. The van der Waals surface area contributed by atoms with Crippen molar-refractivity contribution in [2.24, 2.45) is 23.7 Å². The van der Waals surface area contributed by atoms with Gasteiger partial charge >= 0.3 is 5.97 Å². The Kier molecular flexibility index (Phi) is 2.44. The van der Waals surface area contributed by atoms with Gasteiger partial charge in [0.15, 0.2) is 0 Å². The molecule has 0 radical (unpaired) electrons. The second-order valence-electron chi connectivity index (χ2n) is 4.98. The van der Waals surface area contributed by atoms with Crippen LogP contribution in [0, 0.1) is 23.7 Å². The molecule has 0 aromatic carbocycles. The number of amides is 1. The molecule has 0 aromatic rings. The maximum atomic E-state index is 11.8. The molecule has 4 heteroatoms. The second-order valence-corrected chi connectivity index (χ2v) is 4.98. The van der Waals surface area contributed by atoms with Crippen LogP contribution in [0.3, 0.4) is 0 Å². The summed E-state index contributed by atoms with van der Waals surface area (Å²) in [5, 5.41) is 8.72. The second kappa shape index (κ2) is 3.51. The number of hydrogen-bond donors (Lipinski definition) is 1. The summed E-state index contributed by atoms with van der Waals surface area (Å²) in [6.07, 6.45) is 1.73. The molecule has 0 aliphatic heterocycles. The number of nitrogens with zero attached hydrogens (tertiary/aromatic N) is 1. The molecule has 2 aliphatic rings. The lowest BCUT2D eigenvalue weighted by molar-refractivity contribution is -0.141. The first-order valence-corrected chi connectivity index (χ1v) is 5.48. The number of carbonyl (C=O) groups is 2. The lowest BCUT2D eigenvalue weighted by Crippen LogP contribution is -2.31. The van der Waals surface area contributed by atoms with E-state index in [0.717, 1.165) is 12.5 Å². The van der Waals surface area contributed by atoms with Gasteiger partial charge in [-0.3, -0.25) is 9.59 Å². The van der Waals surface area contributed by atoms with E-state index in [9.17, 15) is 9.59 Å². The van der Waals surface area contributed by atoms with E-state index < -0.39 is 11.9 Å². The van der Waals surface area contributed by atoms with E-state index in [1.165, 1.54) is 6.42 Å². The first-order chi connectivity index (χ1) is 7.00. The van der Waals surface area contributed by atoms with Crippen LogP contribution < -0.4 is 0 Å². The summed E-state index contributed by atoms with van der Waals surface area (Å²) in [5.41, 5.74) is 0. The van der Waals surface area contributed by atoms with Gasteiger partial charge in [-0.15, -0.1) is 0 Å². The highest BCUT2D eigenvalue weighted by Crippen LogP contribution is 2.42. The first kappa shape index (κ1) is 10.5. The van der Waals surface area contributed by atoms with Crippen LogP contribution in [0.15, 0.2) is 0 Å². The average molecular weight is 211 g/mol. The normalized spacial score (nSPS) is 37.2. The van der Waals surface area contributed by atoms with Gasteiger partial charge in [0.1, 0.15) is 0 Å². The van der Waals surface area contributed by atoms with E-state index in [2.05, 4.69) is 6.92 Å². The fourth-order valence-electron chi connectivity index (χ4n) is 2.12. The highest BCUT2D eigenvalue weighted by Gasteiger charge is 2.49. The van der Waals surface area contributed by atoms with Gasteiger partial charge in [0.05, 0.1) is 11.8 Å². The molecule has 0 bridgehead atoms. The predicted molar refractivity (Wildman–Crippen MR) is 54.1 cm³/mol. The van der Waals surface area contributed by atoms with E-state index in [-0.39, 0.29) is 11.8 Å². The third kappa shape index (κ3) is 2.13. The molecule has 0 spiro atoms. The number of hydrogen-bond acceptors (Lipinski definition) is 2. The Morgan fingerprint density at radius 3 is 2.33 bits per heavy atom. The molecule has 1 N–H and O–H groups in total. The summed E-state index contributed by atoms with van der Waals surface area (Å²) in [6, 6.07) is 0. The molecule has 0 aromatic heterocycles. The van der Waals surface area contributed by atoms with Crippen molar-refractivity contribution in [2.45, 2.75) is 19.8 Å². The van der Waals surface area contributed by atoms with Gasteiger partial charge in [-0.25, -0.2) is 0 Å². The van der Waals surface area contributed by atoms with Gasteiger partial charge in [0, 0.05) is 13.6 Å². The standard InChI is InChI=1S/C11H17NO3/c1-6-3-7(6)5-12(2)10(13)8-4-9(8)11(14)15/h6-9H,3-5H2,1-2H3,(H,14,15). The summed E-state index contributed by atoms with van der Waals surface area (Å²) >= 11 is 0. The Morgan fingerprint density at radius 2 is 1.93 bits per heavy atom. The third-order valence-corrected chi connectivity index (χ3v) is 3.59. The molecule has 4 unspecified atom stereocenters. The summed E-state index contributed by atoms with van der Waals surface area (Å²) in [6.45, 7) is 2.98. The lowest BCUT2D eigenvalue weighted by atomic mass is 10.2. The zero-order valence-electron chi connectivity index (χ0n) is 9.14. The van der Waals surface area contributed by atoms with E-state index in [1.807, 2.05) is 0 Å². The Labute approximate surface area is 89.3 Å². The summed E-state index contributed by atoms with van der Waals surface area (Å²) in [7, 11) is 1.78. The number of carboxylic acids is 1. The summed E-state index contributed by atoms with van der Waals surface area (Å²) in [4.78, 5) is 24.1. The molecule has 2 fully saturated rings. The topological polar surface area (TPSA) is 57.6 Å². The summed E-state index contributed by atoms with van der Waals surface area (Å²) < 4.78 is 0. The van der Waals surface area contributed by atoms with Crippen LogP contribution in [-0.2, 0) is 9.59 Å². The average Bonchev–Trinajstić information content (AvgIpc) is 3.01. The quantitative estimate of drug-likeness (QED) is 0.749. The molecule has 2 rings (SSSR count). The van der Waals surface area contributed by atoms with Gasteiger partial charge in [-0.2, -0.15) is 0 Å². The minimum atomic E-state index is -0.832. The first-order valence-electron chi connectivity index (χ1n) is 5.48. The molecule has 4 atom stereocenters. The number of aliphatic carboxylic acids is 1. The SMILES string of the molecule is CC1CC1CN(C)C(=O)C1CC1C(=O)O. The Morgan fingerprint density at radius 1 is 1.33 bits per heavy atom. The van der Waals surface area contributed by atoms with Crippen molar-refractivity contribution in [2.75, 3.05) is 13.6 Å². The van der Waals surface area contributed by atoms with E-state index in [0.29, 0.717) is 12.3 Å². The van der Waals surface area contributed by atoms with Crippen LogP contribution in [0.2, 0.25) is 0 Å². The minimum Gasteiger partial charge on any atom is -0.481 e. The van der Waals surface area contributed by atoms with Crippen LogP contribution in [0.25, 0.3) is 0 Å². The van der Waals surface area contributed by atoms with Crippen LogP contribution in [0.1, 0.15) is 19.8 Å². The Bertz CT molecular complexity index is 302. The van der Waals surface area contributed by atoms with E-state index in [4.69, 9.17) is 5.11 Å². The third-order valence-electron chi connectivity index (χ3n) is 3.59.